The molecule has 6 heteroatoms. The molecule has 5 rings (SSSR count). The molecule has 0 bridgehead atoms. The number of anilines is 1. The quantitative estimate of drug-likeness (QED) is 0.411. The lowest BCUT2D eigenvalue weighted by Crippen LogP contribution is -2.42. The molecule has 33 heavy (non-hydrogen) atoms. The molecule has 4 aromatic rings. The van der Waals surface area contributed by atoms with Crippen molar-refractivity contribution in [2.45, 2.75) is 24.2 Å². The van der Waals surface area contributed by atoms with Gasteiger partial charge in [0.1, 0.15) is 23.4 Å². The maximum absolute atomic E-state index is 13.6. The van der Waals surface area contributed by atoms with Crippen LogP contribution in [-0.2, 0) is 23.2 Å². The van der Waals surface area contributed by atoms with Crippen LogP contribution in [0.1, 0.15) is 22.9 Å². The Morgan fingerprint density at radius 2 is 1.42 bits per heavy atom. The van der Waals surface area contributed by atoms with E-state index in [4.69, 9.17) is 4.74 Å². The number of fused-ring (bicyclic) bond motifs is 1. The third-order valence-corrected chi connectivity index (χ3v) is 7.53. The number of benzene rings is 4. The van der Waals surface area contributed by atoms with Gasteiger partial charge >= 0.3 is 0 Å². The van der Waals surface area contributed by atoms with Gasteiger partial charge in [-0.1, -0.05) is 84.9 Å². The summed E-state index contributed by atoms with van der Waals surface area (Å²) in [7, 11) is -3.72. The SMILES string of the molecule is O=S1(=O)c2ccccc2NC(c2cccc(OCc3ccccc3)c2)N1Cc1ccccc1. The Morgan fingerprint density at radius 3 is 2.18 bits per heavy atom. The van der Waals surface area contributed by atoms with Gasteiger partial charge in [-0.2, -0.15) is 4.31 Å². The zero-order valence-corrected chi connectivity index (χ0v) is 18.8. The Hall–Kier alpha value is -3.61. The van der Waals surface area contributed by atoms with Gasteiger partial charge in [-0.3, -0.25) is 0 Å². The lowest BCUT2D eigenvalue weighted by atomic mass is 10.1. The summed E-state index contributed by atoms with van der Waals surface area (Å²) in [6.45, 7) is 0.696. The van der Waals surface area contributed by atoms with E-state index in [1.54, 1.807) is 18.2 Å². The van der Waals surface area contributed by atoms with Gasteiger partial charge in [-0.05, 0) is 41.0 Å². The average molecular weight is 457 g/mol. The third-order valence-electron chi connectivity index (χ3n) is 5.66. The highest BCUT2D eigenvalue weighted by atomic mass is 32.2. The molecular weight excluding hydrogens is 432 g/mol. The predicted octanol–water partition coefficient (Wildman–Crippen LogP) is 5.58. The van der Waals surface area contributed by atoms with Gasteiger partial charge in [-0.15, -0.1) is 0 Å². The van der Waals surface area contributed by atoms with Crippen molar-refractivity contribution < 1.29 is 13.2 Å². The minimum Gasteiger partial charge on any atom is -0.489 e. The molecule has 0 saturated carbocycles. The fourth-order valence-electron chi connectivity index (χ4n) is 4.00. The largest absolute Gasteiger partial charge is 0.489 e. The topological polar surface area (TPSA) is 58.6 Å². The summed E-state index contributed by atoms with van der Waals surface area (Å²) >= 11 is 0. The van der Waals surface area contributed by atoms with E-state index in [-0.39, 0.29) is 11.4 Å². The molecule has 1 heterocycles. The number of hydrogen-bond donors (Lipinski definition) is 1. The fourth-order valence-corrected chi connectivity index (χ4v) is 5.68. The third kappa shape index (κ3) is 4.49. The van der Waals surface area contributed by atoms with E-state index in [0.717, 1.165) is 16.7 Å². The Bertz CT molecular complexity index is 1340. The minimum atomic E-state index is -3.72. The molecule has 0 saturated heterocycles. The zero-order valence-electron chi connectivity index (χ0n) is 18.0. The molecule has 166 valence electrons. The van der Waals surface area contributed by atoms with Crippen LogP contribution in [0.4, 0.5) is 5.69 Å². The predicted molar refractivity (Wildman–Crippen MR) is 129 cm³/mol. The molecule has 1 atom stereocenters. The molecule has 0 radical (unpaired) electrons. The number of ether oxygens (including phenoxy) is 1. The molecule has 0 spiro atoms. The normalized spacial score (nSPS) is 17.0. The van der Waals surface area contributed by atoms with Crippen molar-refractivity contribution in [1.82, 2.24) is 4.31 Å². The molecule has 0 aliphatic carbocycles. The molecule has 4 aromatic carbocycles. The number of hydrogen-bond acceptors (Lipinski definition) is 4. The Morgan fingerprint density at radius 1 is 0.758 bits per heavy atom. The van der Waals surface area contributed by atoms with E-state index in [0.29, 0.717) is 18.0 Å². The van der Waals surface area contributed by atoms with Gasteiger partial charge in [0.15, 0.2) is 0 Å². The molecule has 1 unspecified atom stereocenters. The summed E-state index contributed by atoms with van der Waals surface area (Å²) in [6, 6.07) is 34.2. The van der Waals surface area contributed by atoms with Gasteiger partial charge in [0.2, 0.25) is 10.0 Å². The second kappa shape index (κ2) is 9.10. The Labute approximate surface area is 194 Å². The first-order valence-electron chi connectivity index (χ1n) is 10.8. The summed E-state index contributed by atoms with van der Waals surface area (Å²) in [5.41, 5.74) is 3.40. The van der Waals surface area contributed by atoms with Crippen LogP contribution in [0.2, 0.25) is 0 Å². The van der Waals surface area contributed by atoms with E-state index >= 15 is 0 Å². The number of para-hydroxylation sites is 1. The Kier molecular flexibility index (Phi) is 5.86. The average Bonchev–Trinajstić information content (AvgIpc) is 2.86. The molecule has 0 amide bonds. The zero-order chi connectivity index (χ0) is 22.7. The first kappa shape index (κ1) is 21.2. The molecule has 1 aliphatic heterocycles. The Balaban J connectivity index is 1.49. The maximum atomic E-state index is 13.6. The summed E-state index contributed by atoms with van der Waals surface area (Å²) in [5, 5.41) is 3.43. The smallest absolute Gasteiger partial charge is 0.247 e. The van der Waals surface area contributed by atoms with Gasteiger partial charge in [0.05, 0.1) is 5.69 Å². The van der Waals surface area contributed by atoms with Crippen LogP contribution in [0.3, 0.4) is 0 Å². The molecule has 1 N–H and O–H groups in total. The first-order valence-corrected chi connectivity index (χ1v) is 12.2. The van der Waals surface area contributed by atoms with Crippen molar-refractivity contribution in [3.8, 4) is 5.75 Å². The highest BCUT2D eigenvalue weighted by Crippen LogP contribution is 2.39. The minimum absolute atomic E-state index is 0.254. The lowest BCUT2D eigenvalue weighted by molar-refractivity contribution is 0.303. The van der Waals surface area contributed by atoms with E-state index < -0.39 is 16.2 Å². The van der Waals surface area contributed by atoms with Crippen LogP contribution in [0.25, 0.3) is 0 Å². The number of nitrogens with zero attached hydrogens (tertiary/aromatic N) is 1. The molecule has 5 nitrogen and oxygen atoms in total. The van der Waals surface area contributed by atoms with Gasteiger partial charge in [0, 0.05) is 6.54 Å². The molecular formula is C27H24N2O3S. The van der Waals surface area contributed by atoms with E-state index in [2.05, 4.69) is 5.32 Å². The van der Waals surface area contributed by atoms with Gasteiger partial charge < -0.3 is 10.1 Å². The second-order valence-electron chi connectivity index (χ2n) is 7.93. The highest BCUT2D eigenvalue weighted by Gasteiger charge is 2.38. The van der Waals surface area contributed by atoms with Crippen LogP contribution in [0.5, 0.6) is 5.75 Å². The highest BCUT2D eigenvalue weighted by molar-refractivity contribution is 7.89. The van der Waals surface area contributed by atoms with Crippen LogP contribution in [0.15, 0.2) is 114 Å². The van der Waals surface area contributed by atoms with Crippen molar-refractivity contribution in [3.63, 3.8) is 0 Å². The fraction of sp³-hybridized carbons (Fsp3) is 0.111. The number of rotatable bonds is 6. The monoisotopic (exact) mass is 456 g/mol. The van der Waals surface area contributed by atoms with Gasteiger partial charge in [0.25, 0.3) is 0 Å². The number of nitrogens with one attached hydrogen (secondary N) is 1. The van der Waals surface area contributed by atoms with Crippen LogP contribution in [-0.4, -0.2) is 12.7 Å². The maximum Gasteiger partial charge on any atom is 0.247 e. The molecule has 0 fully saturated rings. The van der Waals surface area contributed by atoms with Crippen molar-refractivity contribution in [3.05, 3.63) is 126 Å². The lowest BCUT2D eigenvalue weighted by Gasteiger charge is -2.37. The van der Waals surface area contributed by atoms with E-state index in [1.807, 2.05) is 91.0 Å². The van der Waals surface area contributed by atoms with Crippen LogP contribution >= 0.6 is 0 Å². The summed E-state index contributed by atoms with van der Waals surface area (Å²) in [6.07, 6.45) is -0.564. The molecule has 1 aliphatic rings. The van der Waals surface area contributed by atoms with Crippen molar-refractivity contribution in [2.75, 3.05) is 5.32 Å². The first-order chi connectivity index (χ1) is 16.1. The van der Waals surface area contributed by atoms with Gasteiger partial charge in [-0.25, -0.2) is 8.42 Å². The summed E-state index contributed by atoms with van der Waals surface area (Å²) < 4.78 is 34.8. The van der Waals surface area contributed by atoms with Crippen molar-refractivity contribution in [2.24, 2.45) is 0 Å². The van der Waals surface area contributed by atoms with Crippen LogP contribution in [0, 0.1) is 0 Å². The van der Waals surface area contributed by atoms with E-state index in [1.165, 1.54) is 4.31 Å². The van der Waals surface area contributed by atoms with Crippen molar-refractivity contribution >= 4 is 15.7 Å². The van der Waals surface area contributed by atoms with E-state index in [9.17, 15) is 8.42 Å². The standard InChI is InChI=1S/C27H24N2O3S/c30-33(31)26-17-8-7-16-25(26)28-27(29(33)19-21-10-3-1-4-11-21)23-14-9-15-24(18-23)32-20-22-12-5-2-6-13-22/h1-18,27-28H,19-20H2. The van der Waals surface area contributed by atoms with Crippen LogP contribution < -0.4 is 10.1 Å². The second-order valence-corrected chi connectivity index (χ2v) is 9.78. The number of sulfonamides is 1. The summed E-state index contributed by atoms with van der Waals surface area (Å²) in [5.74, 6) is 0.689. The van der Waals surface area contributed by atoms with Crippen molar-refractivity contribution in [1.29, 1.82) is 0 Å². The summed E-state index contributed by atoms with van der Waals surface area (Å²) in [4.78, 5) is 0.286. The molecule has 0 aromatic heterocycles.